The van der Waals surface area contributed by atoms with Crippen molar-refractivity contribution in [1.82, 2.24) is 15.0 Å². The molecule has 0 amide bonds. The molecule has 5 heteroatoms. The van der Waals surface area contributed by atoms with Crippen molar-refractivity contribution in [2.75, 3.05) is 26.7 Å². The van der Waals surface area contributed by atoms with Gasteiger partial charge in [-0.05, 0) is 82.1 Å². The Hall–Kier alpha value is -2.79. The summed E-state index contributed by atoms with van der Waals surface area (Å²) in [5.74, 6) is 1.32. The molecule has 0 aliphatic carbocycles. The maximum atomic E-state index is 5.56. The molecule has 0 radical (unpaired) electrons. The molecule has 4 aromatic rings. The van der Waals surface area contributed by atoms with Gasteiger partial charge in [0.1, 0.15) is 5.75 Å². The molecule has 30 heavy (non-hydrogen) atoms. The van der Waals surface area contributed by atoms with Crippen LogP contribution in [0.2, 0.25) is 0 Å². The highest BCUT2D eigenvalue weighted by molar-refractivity contribution is 5.84. The number of fused-ring (bicyclic) bond motifs is 2. The molecule has 5 rings (SSSR count). The third kappa shape index (κ3) is 3.58. The van der Waals surface area contributed by atoms with E-state index in [2.05, 4.69) is 52.3 Å². The van der Waals surface area contributed by atoms with Crippen LogP contribution in [0.25, 0.3) is 21.9 Å². The predicted molar refractivity (Wildman–Crippen MR) is 120 cm³/mol. The lowest BCUT2D eigenvalue weighted by atomic mass is 9.91. The van der Waals surface area contributed by atoms with E-state index >= 15 is 0 Å². The zero-order valence-corrected chi connectivity index (χ0v) is 17.8. The Morgan fingerprint density at radius 2 is 1.97 bits per heavy atom. The SMILES string of the molecule is COc1ccc2onc(C3CCN(CCCc4c(C)[nH]c5ccccc45)CC3)c2c1. The van der Waals surface area contributed by atoms with Gasteiger partial charge >= 0.3 is 0 Å². The first kappa shape index (κ1) is 19.2. The van der Waals surface area contributed by atoms with E-state index in [9.17, 15) is 0 Å². The summed E-state index contributed by atoms with van der Waals surface area (Å²) >= 11 is 0. The Labute approximate surface area is 177 Å². The molecule has 3 heterocycles. The number of benzene rings is 2. The van der Waals surface area contributed by atoms with Crippen molar-refractivity contribution in [1.29, 1.82) is 0 Å². The Bertz CT molecular complexity index is 1150. The highest BCUT2D eigenvalue weighted by Crippen LogP contribution is 2.34. The molecule has 2 aromatic carbocycles. The smallest absolute Gasteiger partial charge is 0.167 e. The average Bonchev–Trinajstić information content (AvgIpc) is 3.34. The predicted octanol–water partition coefficient (Wildman–Crippen LogP) is 5.44. The van der Waals surface area contributed by atoms with Gasteiger partial charge in [-0.15, -0.1) is 0 Å². The van der Waals surface area contributed by atoms with Crippen LogP contribution < -0.4 is 4.74 Å². The first-order valence-electron chi connectivity index (χ1n) is 10.9. The van der Waals surface area contributed by atoms with Gasteiger partial charge < -0.3 is 19.1 Å². The summed E-state index contributed by atoms with van der Waals surface area (Å²) in [6.45, 7) is 5.59. The third-order valence-corrected chi connectivity index (χ3v) is 6.61. The Morgan fingerprint density at radius 3 is 2.80 bits per heavy atom. The number of methoxy groups -OCH3 is 1. The standard InChI is InChI=1S/C25H29N3O2/c1-17-20(21-6-3-4-8-23(21)26-17)7-5-13-28-14-11-18(12-15-28)25-22-16-19(29-2)9-10-24(22)30-27-25/h3-4,6,8-10,16,18,26H,5,7,11-15H2,1-2H3. The van der Waals surface area contributed by atoms with Crippen LogP contribution in [0.15, 0.2) is 47.0 Å². The molecule has 0 atom stereocenters. The molecule has 2 aromatic heterocycles. The number of likely N-dealkylation sites (tertiary alicyclic amines) is 1. The quantitative estimate of drug-likeness (QED) is 0.466. The highest BCUT2D eigenvalue weighted by atomic mass is 16.5. The van der Waals surface area contributed by atoms with Gasteiger partial charge in [0.2, 0.25) is 0 Å². The summed E-state index contributed by atoms with van der Waals surface area (Å²) in [5.41, 5.74) is 5.98. The first-order chi connectivity index (χ1) is 14.7. The summed E-state index contributed by atoms with van der Waals surface area (Å²) in [4.78, 5) is 6.12. The average molecular weight is 404 g/mol. The van der Waals surface area contributed by atoms with Crippen molar-refractivity contribution in [3.05, 3.63) is 59.4 Å². The van der Waals surface area contributed by atoms with E-state index in [1.807, 2.05) is 12.1 Å². The Morgan fingerprint density at radius 1 is 1.13 bits per heavy atom. The lowest BCUT2D eigenvalue weighted by Crippen LogP contribution is -2.34. The Kier molecular flexibility index (Phi) is 5.21. The number of H-pyrrole nitrogens is 1. The molecule has 1 saturated heterocycles. The maximum Gasteiger partial charge on any atom is 0.167 e. The lowest BCUT2D eigenvalue weighted by molar-refractivity contribution is 0.207. The molecule has 1 fully saturated rings. The summed E-state index contributed by atoms with van der Waals surface area (Å²) in [6.07, 6.45) is 4.58. The summed E-state index contributed by atoms with van der Waals surface area (Å²) in [6, 6.07) is 14.6. The molecule has 0 bridgehead atoms. The number of rotatable bonds is 6. The Balaban J connectivity index is 1.18. The van der Waals surface area contributed by atoms with Crippen LogP contribution >= 0.6 is 0 Å². The van der Waals surface area contributed by atoms with Gasteiger partial charge in [0.25, 0.3) is 0 Å². The van der Waals surface area contributed by atoms with Crippen LogP contribution in [-0.4, -0.2) is 41.8 Å². The summed E-state index contributed by atoms with van der Waals surface area (Å²) in [5, 5.41) is 6.88. The first-order valence-corrected chi connectivity index (χ1v) is 10.9. The van der Waals surface area contributed by atoms with E-state index in [1.165, 1.54) is 28.6 Å². The van der Waals surface area contributed by atoms with Crippen LogP contribution in [0.3, 0.4) is 0 Å². The minimum atomic E-state index is 0.463. The number of piperidine rings is 1. The van der Waals surface area contributed by atoms with Gasteiger partial charge in [0.15, 0.2) is 5.58 Å². The molecule has 1 aliphatic heterocycles. The number of hydrogen-bond donors (Lipinski definition) is 1. The second-order valence-corrected chi connectivity index (χ2v) is 8.42. The van der Waals surface area contributed by atoms with Gasteiger partial charge in [-0.3, -0.25) is 0 Å². The van der Waals surface area contributed by atoms with Crippen molar-refractivity contribution >= 4 is 21.9 Å². The van der Waals surface area contributed by atoms with E-state index in [-0.39, 0.29) is 0 Å². The minimum Gasteiger partial charge on any atom is -0.497 e. The van der Waals surface area contributed by atoms with Crippen LogP contribution in [-0.2, 0) is 6.42 Å². The molecule has 0 spiro atoms. The van der Waals surface area contributed by atoms with Crippen molar-refractivity contribution in [3.8, 4) is 5.75 Å². The fourth-order valence-corrected chi connectivity index (χ4v) is 4.92. The highest BCUT2D eigenvalue weighted by Gasteiger charge is 2.25. The fraction of sp³-hybridized carbons (Fsp3) is 0.400. The number of nitrogens with zero attached hydrogens (tertiary/aromatic N) is 2. The van der Waals surface area contributed by atoms with Gasteiger partial charge in [-0.2, -0.15) is 0 Å². The maximum absolute atomic E-state index is 5.56. The number of aromatic amines is 1. The van der Waals surface area contributed by atoms with Crippen molar-refractivity contribution in [3.63, 3.8) is 0 Å². The van der Waals surface area contributed by atoms with Crippen molar-refractivity contribution in [2.45, 2.75) is 38.5 Å². The van der Waals surface area contributed by atoms with Crippen molar-refractivity contribution < 1.29 is 9.26 Å². The van der Waals surface area contributed by atoms with Crippen molar-refractivity contribution in [2.24, 2.45) is 0 Å². The molecule has 156 valence electrons. The largest absolute Gasteiger partial charge is 0.497 e. The van der Waals surface area contributed by atoms with Gasteiger partial charge in [-0.25, -0.2) is 0 Å². The third-order valence-electron chi connectivity index (χ3n) is 6.61. The van der Waals surface area contributed by atoms with Crippen LogP contribution in [0.5, 0.6) is 5.75 Å². The number of aryl methyl sites for hydroxylation is 2. The summed E-state index contributed by atoms with van der Waals surface area (Å²) in [7, 11) is 1.70. The van der Waals surface area contributed by atoms with Gasteiger partial charge in [-0.1, -0.05) is 23.4 Å². The molecule has 0 saturated carbocycles. The number of hydrogen-bond acceptors (Lipinski definition) is 4. The number of para-hydroxylation sites is 1. The monoisotopic (exact) mass is 403 g/mol. The topological polar surface area (TPSA) is 54.3 Å². The molecular formula is C25H29N3O2. The number of nitrogens with one attached hydrogen (secondary N) is 1. The molecular weight excluding hydrogens is 374 g/mol. The van der Waals surface area contributed by atoms with E-state index < -0.39 is 0 Å². The zero-order valence-electron chi connectivity index (χ0n) is 17.8. The number of aromatic nitrogens is 2. The lowest BCUT2D eigenvalue weighted by Gasteiger charge is -2.31. The van der Waals surface area contributed by atoms with Gasteiger partial charge in [0, 0.05) is 27.9 Å². The van der Waals surface area contributed by atoms with Crippen LogP contribution in [0, 0.1) is 6.92 Å². The van der Waals surface area contributed by atoms with E-state index in [1.54, 1.807) is 7.11 Å². The molecule has 0 unspecified atom stereocenters. The zero-order chi connectivity index (χ0) is 20.5. The minimum absolute atomic E-state index is 0.463. The molecule has 1 N–H and O–H groups in total. The van der Waals surface area contributed by atoms with E-state index in [0.717, 1.165) is 61.3 Å². The van der Waals surface area contributed by atoms with Crippen LogP contribution in [0.1, 0.15) is 42.1 Å². The van der Waals surface area contributed by atoms with E-state index in [0.29, 0.717) is 5.92 Å². The van der Waals surface area contributed by atoms with Gasteiger partial charge in [0.05, 0.1) is 12.8 Å². The second-order valence-electron chi connectivity index (χ2n) is 8.42. The molecule has 5 nitrogen and oxygen atoms in total. The fourth-order valence-electron chi connectivity index (χ4n) is 4.92. The summed E-state index contributed by atoms with van der Waals surface area (Å²) < 4.78 is 10.9. The molecule has 1 aliphatic rings. The van der Waals surface area contributed by atoms with E-state index in [4.69, 9.17) is 9.26 Å². The number of ether oxygens (including phenoxy) is 1. The second kappa shape index (κ2) is 8.15. The van der Waals surface area contributed by atoms with Crippen LogP contribution in [0.4, 0.5) is 0 Å². The normalized spacial score (nSPS) is 15.9.